The van der Waals surface area contributed by atoms with Crippen molar-refractivity contribution in [2.24, 2.45) is 0 Å². The molecule has 110 valence electrons. The lowest BCUT2D eigenvalue weighted by Gasteiger charge is -2.13. The van der Waals surface area contributed by atoms with E-state index in [4.69, 9.17) is 4.74 Å². The summed E-state index contributed by atoms with van der Waals surface area (Å²) < 4.78 is 5.97. The average Bonchev–Trinajstić information content (AvgIpc) is 2.79. The largest absolute Gasteiger partial charge is 0.489 e. The van der Waals surface area contributed by atoms with Gasteiger partial charge >= 0.3 is 0 Å². The van der Waals surface area contributed by atoms with Gasteiger partial charge in [-0.05, 0) is 73.6 Å². The molecule has 1 aliphatic carbocycles. The van der Waals surface area contributed by atoms with Crippen molar-refractivity contribution < 1.29 is 9.84 Å². The fourth-order valence-electron chi connectivity index (χ4n) is 3.25. The van der Waals surface area contributed by atoms with Crippen LogP contribution in [0.15, 0.2) is 30.3 Å². The van der Waals surface area contributed by atoms with Crippen LogP contribution >= 0.6 is 0 Å². The Labute approximate surface area is 126 Å². The Hall–Kier alpha value is -1.80. The van der Waals surface area contributed by atoms with E-state index in [9.17, 15) is 5.11 Å². The Balaban J connectivity index is 1.77. The predicted molar refractivity (Wildman–Crippen MR) is 84.7 cm³/mol. The first-order chi connectivity index (χ1) is 10.0. The lowest BCUT2D eigenvalue weighted by atomic mass is 10.0. The molecule has 0 aromatic heterocycles. The van der Waals surface area contributed by atoms with Crippen LogP contribution in [-0.4, -0.2) is 5.11 Å². The molecule has 1 unspecified atom stereocenters. The quantitative estimate of drug-likeness (QED) is 0.915. The zero-order chi connectivity index (χ0) is 15.0. The molecule has 0 bridgehead atoms. The van der Waals surface area contributed by atoms with Crippen molar-refractivity contribution in [1.29, 1.82) is 0 Å². The Bertz CT molecular complexity index is 650. The summed E-state index contributed by atoms with van der Waals surface area (Å²) in [7, 11) is 0. The van der Waals surface area contributed by atoms with Gasteiger partial charge in [-0.15, -0.1) is 0 Å². The van der Waals surface area contributed by atoms with Gasteiger partial charge in [0, 0.05) is 0 Å². The molecule has 21 heavy (non-hydrogen) atoms. The van der Waals surface area contributed by atoms with Crippen molar-refractivity contribution in [2.45, 2.75) is 46.3 Å². The molecule has 1 atom stereocenters. The second-order valence-corrected chi connectivity index (χ2v) is 6.08. The van der Waals surface area contributed by atoms with Gasteiger partial charge in [-0.1, -0.05) is 23.8 Å². The van der Waals surface area contributed by atoms with E-state index in [0.29, 0.717) is 6.61 Å². The molecule has 3 rings (SSSR count). The highest BCUT2D eigenvalue weighted by molar-refractivity contribution is 5.41. The third-order valence-electron chi connectivity index (χ3n) is 4.38. The van der Waals surface area contributed by atoms with Gasteiger partial charge in [0.2, 0.25) is 0 Å². The molecule has 2 heteroatoms. The molecule has 0 spiro atoms. The number of hydrogen-bond acceptors (Lipinski definition) is 2. The summed E-state index contributed by atoms with van der Waals surface area (Å²) >= 11 is 0. The first-order valence-electron chi connectivity index (χ1n) is 7.55. The zero-order valence-electron chi connectivity index (χ0n) is 12.9. The summed E-state index contributed by atoms with van der Waals surface area (Å²) in [6.07, 6.45) is 1.47. The molecule has 1 aliphatic rings. The molecule has 0 saturated carbocycles. The summed E-state index contributed by atoms with van der Waals surface area (Å²) in [6.45, 7) is 6.99. The molecule has 0 saturated heterocycles. The molecular weight excluding hydrogens is 260 g/mol. The lowest BCUT2D eigenvalue weighted by Crippen LogP contribution is -2.02. The van der Waals surface area contributed by atoms with Crippen LogP contribution < -0.4 is 4.74 Å². The summed E-state index contributed by atoms with van der Waals surface area (Å²) in [5.41, 5.74) is 7.40. The Kier molecular flexibility index (Phi) is 3.73. The van der Waals surface area contributed by atoms with Crippen molar-refractivity contribution in [1.82, 2.24) is 0 Å². The van der Waals surface area contributed by atoms with E-state index < -0.39 is 0 Å². The van der Waals surface area contributed by atoms with Gasteiger partial charge in [0.1, 0.15) is 12.4 Å². The monoisotopic (exact) mass is 282 g/mol. The van der Waals surface area contributed by atoms with Gasteiger partial charge in [0.25, 0.3) is 0 Å². The van der Waals surface area contributed by atoms with Crippen LogP contribution in [0.1, 0.15) is 45.9 Å². The van der Waals surface area contributed by atoms with Gasteiger partial charge in [-0.2, -0.15) is 0 Å². The second-order valence-electron chi connectivity index (χ2n) is 6.08. The van der Waals surface area contributed by atoms with Crippen LogP contribution in [0.2, 0.25) is 0 Å². The maximum atomic E-state index is 9.84. The van der Waals surface area contributed by atoms with Gasteiger partial charge in [0.05, 0.1) is 6.10 Å². The minimum absolute atomic E-state index is 0.296. The number of fused-ring (bicyclic) bond motifs is 1. The van der Waals surface area contributed by atoms with E-state index in [1.807, 2.05) is 12.1 Å². The summed E-state index contributed by atoms with van der Waals surface area (Å²) in [5.74, 6) is 0.891. The molecule has 0 amide bonds. The Morgan fingerprint density at radius 2 is 1.81 bits per heavy atom. The maximum absolute atomic E-state index is 9.84. The number of benzene rings is 2. The third-order valence-corrected chi connectivity index (χ3v) is 4.38. The number of aliphatic hydroxyl groups is 1. The summed E-state index contributed by atoms with van der Waals surface area (Å²) in [5, 5.41) is 9.84. The fourth-order valence-corrected chi connectivity index (χ4v) is 3.25. The Morgan fingerprint density at radius 1 is 1.10 bits per heavy atom. The van der Waals surface area contributed by atoms with E-state index in [0.717, 1.165) is 24.2 Å². The van der Waals surface area contributed by atoms with Crippen molar-refractivity contribution in [3.8, 4) is 5.75 Å². The van der Waals surface area contributed by atoms with Gasteiger partial charge in [-0.3, -0.25) is 0 Å². The predicted octanol–water partition coefficient (Wildman–Crippen LogP) is 4.17. The van der Waals surface area contributed by atoms with E-state index in [-0.39, 0.29) is 6.10 Å². The first-order valence-corrected chi connectivity index (χ1v) is 7.55. The minimum Gasteiger partial charge on any atom is -0.489 e. The summed E-state index contributed by atoms with van der Waals surface area (Å²) in [6, 6.07) is 10.4. The van der Waals surface area contributed by atoms with Gasteiger partial charge in [0.15, 0.2) is 0 Å². The third kappa shape index (κ3) is 2.81. The summed E-state index contributed by atoms with van der Waals surface area (Å²) in [4.78, 5) is 0. The topological polar surface area (TPSA) is 29.5 Å². The van der Waals surface area contributed by atoms with E-state index in [1.165, 1.54) is 27.8 Å². The van der Waals surface area contributed by atoms with Gasteiger partial charge < -0.3 is 9.84 Å². The van der Waals surface area contributed by atoms with Crippen LogP contribution in [-0.2, 0) is 13.0 Å². The number of ether oxygens (including phenoxy) is 1. The van der Waals surface area contributed by atoms with Crippen LogP contribution in [0.4, 0.5) is 0 Å². The fraction of sp³-hybridized carbons (Fsp3) is 0.368. The molecule has 2 aromatic carbocycles. The molecular formula is C19H22O2. The van der Waals surface area contributed by atoms with Gasteiger partial charge in [-0.25, -0.2) is 0 Å². The second kappa shape index (κ2) is 5.53. The minimum atomic E-state index is -0.296. The molecule has 0 fully saturated rings. The molecule has 0 aliphatic heterocycles. The number of aryl methyl sites for hydroxylation is 4. The molecule has 1 N–H and O–H groups in total. The number of hydrogen-bond donors (Lipinski definition) is 1. The highest BCUT2D eigenvalue weighted by Crippen LogP contribution is 2.33. The standard InChI is InChI=1S/C19H22O2/c1-12-8-13(2)18(14(3)9-12)11-21-16-5-6-17-15(10-16)4-7-19(17)20/h5-6,8-10,19-20H,4,7,11H2,1-3H3. The van der Waals surface area contributed by atoms with E-state index >= 15 is 0 Å². The van der Waals surface area contributed by atoms with Crippen LogP contribution in [0.5, 0.6) is 5.75 Å². The van der Waals surface area contributed by atoms with E-state index in [1.54, 1.807) is 0 Å². The highest BCUT2D eigenvalue weighted by Gasteiger charge is 2.20. The SMILES string of the molecule is Cc1cc(C)c(COc2ccc3c(c2)CCC3O)c(C)c1. The van der Waals surface area contributed by atoms with Crippen LogP contribution in [0, 0.1) is 20.8 Å². The molecule has 0 radical (unpaired) electrons. The van der Waals surface area contributed by atoms with Crippen LogP contribution in [0.3, 0.4) is 0 Å². The maximum Gasteiger partial charge on any atom is 0.120 e. The molecule has 2 aromatic rings. The van der Waals surface area contributed by atoms with Crippen LogP contribution in [0.25, 0.3) is 0 Å². The zero-order valence-corrected chi connectivity index (χ0v) is 12.9. The van der Waals surface area contributed by atoms with Crippen molar-refractivity contribution in [3.63, 3.8) is 0 Å². The number of rotatable bonds is 3. The average molecular weight is 282 g/mol. The van der Waals surface area contributed by atoms with E-state index in [2.05, 4.69) is 39.0 Å². The highest BCUT2D eigenvalue weighted by atomic mass is 16.5. The Morgan fingerprint density at radius 3 is 2.52 bits per heavy atom. The van der Waals surface area contributed by atoms with Crippen molar-refractivity contribution in [3.05, 3.63) is 63.7 Å². The number of aliphatic hydroxyl groups excluding tert-OH is 1. The normalized spacial score (nSPS) is 16.9. The van der Waals surface area contributed by atoms with Crippen molar-refractivity contribution in [2.75, 3.05) is 0 Å². The molecule has 0 heterocycles. The van der Waals surface area contributed by atoms with Crippen molar-refractivity contribution >= 4 is 0 Å². The lowest BCUT2D eigenvalue weighted by molar-refractivity contribution is 0.180. The molecule has 2 nitrogen and oxygen atoms in total. The smallest absolute Gasteiger partial charge is 0.120 e. The first kappa shape index (κ1) is 14.2.